The Kier molecular flexibility index (Phi) is 8.59. The van der Waals surface area contributed by atoms with Crippen molar-refractivity contribution < 1.29 is 37.0 Å². The van der Waals surface area contributed by atoms with E-state index in [1.54, 1.807) is 11.8 Å². The molecule has 0 saturated carbocycles. The van der Waals surface area contributed by atoms with Crippen LogP contribution < -0.4 is 25.4 Å². The van der Waals surface area contributed by atoms with Crippen LogP contribution in [-0.2, 0) is 15.8 Å². The number of carbonyl (C=O) groups excluding carboxylic acids is 3. The lowest BCUT2D eigenvalue weighted by Gasteiger charge is -2.31. The zero-order valence-corrected chi connectivity index (χ0v) is 22.3. The summed E-state index contributed by atoms with van der Waals surface area (Å²) in [6.45, 7) is 5.25. The van der Waals surface area contributed by atoms with Gasteiger partial charge in [-0.3, -0.25) is 14.7 Å². The number of hydrogen-bond donors (Lipinski definition) is 4. The summed E-state index contributed by atoms with van der Waals surface area (Å²) in [7, 11) is 0. The number of alkyl halides is 3. The minimum absolute atomic E-state index is 0.0119. The summed E-state index contributed by atoms with van der Waals surface area (Å²) in [5.74, 6) is -0.716. The summed E-state index contributed by atoms with van der Waals surface area (Å²) < 4.78 is 52.1. The van der Waals surface area contributed by atoms with Crippen LogP contribution in [0.5, 0.6) is 17.6 Å². The summed E-state index contributed by atoms with van der Waals surface area (Å²) in [4.78, 5) is 44.8. The quantitative estimate of drug-likeness (QED) is 0.303. The monoisotopic (exact) mass is 576 g/mol. The van der Waals surface area contributed by atoms with Crippen LogP contribution in [0.2, 0.25) is 0 Å². The smallest absolute Gasteiger partial charge is 0.420 e. The van der Waals surface area contributed by atoms with Crippen LogP contribution >= 0.6 is 0 Å². The molecule has 0 spiro atoms. The fourth-order valence-electron chi connectivity index (χ4n) is 4.06. The molecule has 4 N–H and O–H groups in total. The minimum atomic E-state index is -4.82. The third-order valence-corrected chi connectivity index (χ3v) is 5.92. The molecule has 3 amide bonds. The average molecular weight is 577 g/mol. The van der Waals surface area contributed by atoms with Gasteiger partial charge in [-0.1, -0.05) is 0 Å². The zero-order valence-electron chi connectivity index (χ0n) is 22.3. The number of nitrogens with zero attached hydrogens (tertiary/aromatic N) is 4. The zero-order chi connectivity index (χ0) is 29.7. The van der Waals surface area contributed by atoms with Crippen LogP contribution in [0.15, 0.2) is 30.3 Å². The number of piperidine rings is 1. The van der Waals surface area contributed by atoms with Crippen molar-refractivity contribution in [2.45, 2.75) is 45.8 Å². The molecule has 0 radical (unpaired) electrons. The Morgan fingerprint density at radius 1 is 1.07 bits per heavy atom. The van der Waals surface area contributed by atoms with E-state index in [-0.39, 0.29) is 35.3 Å². The first kappa shape index (κ1) is 29.1. The first-order valence-corrected chi connectivity index (χ1v) is 12.4. The maximum atomic E-state index is 13.9. The number of likely N-dealkylation sites (tertiary alicyclic amines) is 1. The summed E-state index contributed by atoms with van der Waals surface area (Å²) in [5.41, 5.74) is -0.863. The van der Waals surface area contributed by atoms with Gasteiger partial charge in [0, 0.05) is 56.5 Å². The van der Waals surface area contributed by atoms with Crippen molar-refractivity contribution in [3.05, 3.63) is 41.6 Å². The van der Waals surface area contributed by atoms with E-state index >= 15 is 0 Å². The van der Waals surface area contributed by atoms with Gasteiger partial charge in [0.2, 0.25) is 11.8 Å². The van der Waals surface area contributed by atoms with Gasteiger partial charge in [-0.25, -0.2) is 9.78 Å². The minimum Gasteiger partial charge on any atom is -0.424 e. The third-order valence-electron chi connectivity index (χ3n) is 5.92. The highest BCUT2D eigenvalue weighted by Gasteiger charge is 2.35. The van der Waals surface area contributed by atoms with Crippen LogP contribution in [0, 0.1) is 6.92 Å². The highest BCUT2D eigenvalue weighted by molar-refractivity contribution is 5.89. The van der Waals surface area contributed by atoms with Crippen molar-refractivity contribution in [2.24, 2.45) is 0 Å². The van der Waals surface area contributed by atoms with Crippen LogP contribution in [0.1, 0.15) is 37.9 Å². The number of esters is 1. The molecule has 3 heterocycles. The van der Waals surface area contributed by atoms with Crippen LogP contribution in [0.25, 0.3) is 0 Å². The Hall–Kier alpha value is -4.89. The van der Waals surface area contributed by atoms with Crippen molar-refractivity contribution in [3.63, 3.8) is 0 Å². The van der Waals surface area contributed by atoms with Crippen molar-refractivity contribution in [2.75, 3.05) is 23.7 Å². The van der Waals surface area contributed by atoms with E-state index < -0.39 is 29.5 Å². The summed E-state index contributed by atoms with van der Waals surface area (Å²) in [6.07, 6.45) is -3.75. The third kappa shape index (κ3) is 8.06. The molecule has 41 heavy (non-hydrogen) atoms. The number of ether oxygens (including phenoxy) is 2. The number of hydrogen-bond acceptors (Lipinski definition) is 9. The SMILES string of the molecule is CC(=O)Oc1cc(Nc2cc(C)nc(Oc3ccc(NC(=O)NC4CCN(C(C)=O)CC4)cc3C(F)(F)F)n2)[nH]n1. The molecule has 1 fully saturated rings. The number of carbonyl (C=O) groups is 3. The van der Waals surface area contributed by atoms with Gasteiger partial charge in [-0.05, 0) is 38.0 Å². The van der Waals surface area contributed by atoms with Gasteiger partial charge in [-0.2, -0.15) is 18.2 Å². The van der Waals surface area contributed by atoms with E-state index in [0.717, 1.165) is 12.1 Å². The Labute approximate surface area is 231 Å². The van der Waals surface area contributed by atoms with E-state index in [9.17, 15) is 27.6 Å². The van der Waals surface area contributed by atoms with Gasteiger partial charge in [0.1, 0.15) is 22.9 Å². The number of anilines is 3. The molecule has 0 bridgehead atoms. The summed E-state index contributed by atoms with van der Waals surface area (Å²) in [5, 5.41) is 14.4. The van der Waals surface area contributed by atoms with Crippen molar-refractivity contribution in [1.82, 2.24) is 30.4 Å². The van der Waals surface area contributed by atoms with Gasteiger partial charge in [0.15, 0.2) is 0 Å². The molecule has 1 saturated heterocycles. The summed E-state index contributed by atoms with van der Waals surface area (Å²) in [6, 6.07) is 4.73. The maximum absolute atomic E-state index is 13.9. The van der Waals surface area contributed by atoms with Gasteiger partial charge in [0.25, 0.3) is 0 Å². The molecule has 218 valence electrons. The number of benzene rings is 1. The predicted molar refractivity (Wildman–Crippen MR) is 139 cm³/mol. The lowest BCUT2D eigenvalue weighted by molar-refractivity contribution is -0.138. The number of H-pyrrole nitrogens is 1. The lowest BCUT2D eigenvalue weighted by atomic mass is 10.1. The number of aromatic nitrogens is 4. The molecule has 13 nitrogen and oxygen atoms in total. The Balaban J connectivity index is 1.45. The van der Waals surface area contributed by atoms with Gasteiger partial charge in [-0.15, -0.1) is 5.10 Å². The fraction of sp³-hybridized carbons (Fsp3) is 0.360. The van der Waals surface area contributed by atoms with E-state index in [0.29, 0.717) is 37.4 Å². The Morgan fingerprint density at radius 2 is 1.80 bits per heavy atom. The van der Waals surface area contributed by atoms with Crippen LogP contribution in [0.3, 0.4) is 0 Å². The fourth-order valence-corrected chi connectivity index (χ4v) is 4.06. The van der Waals surface area contributed by atoms with Gasteiger partial charge < -0.3 is 30.3 Å². The number of halogens is 3. The van der Waals surface area contributed by atoms with E-state index in [1.165, 1.54) is 32.0 Å². The van der Waals surface area contributed by atoms with Crippen LogP contribution in [0.4, 0.5) is 35.3 Å². The largest absolute Gasteiger partial charge is 0.424 e. The number of urea groups is 1. The van der Waals surface area contributed by atoms with Crippen molar-refractivity contribution in [3.8, 4) is 17.6 Å². The Bertz CT molecular complexity index is 1440. The van der Waals surface area contributed by atoms with E-state index in [1.807, 2.05) is 0 Å². The molecule has 0 atom stereocenters. The molecular weight excluding hydrogens is 549 g/mol. The highest BCUT2D eigenvalue weighted by Crippen LogP contribution is 2.39. The van der Waals surface area contributed by atoms with Crippen molar-refractivity contribution in [1.29, 1.82) is 0 Å². The molecule has 0 unspecified atom stereocenters. The molecule has 3 aromatic rings. The molecule has 2 aromatic heterocycles. The first-order valence-electron chi connectivity index (χ1n) is 12.4. The van der Waals surface area contributed by atoms with Gasteiger partial charge in [0.05, 0.1) is 0 Å². The second-order valence-electron chi connectivity index (χ2n) is 9.21. The maximum Gasteiger partial charge on any atom is 0.420 e. The average Bonchev–Trinajstić information content (AvgIpc) is 3.30. The molecule has 1 aromatic carbocycles. The topological polar surface area (TPSA) is 163 Å². The van der Waals surface area contributed by atoms with E-state index in [4.69, 9.17) is 9.47 Å². The molecule has 4 rings (SSSR count). The van der Waals surface area contributed by atoms with Crippen LogP contribution in [-0.4, -0.2) is 62.1 Å². The number of aryl methyl sites for hydroxylation is 1. The predicted octanol–water partition coefficient (Wildman–Crippen LogP) is 4.12. The number of aromatic amines is 1. The molecular formula is C25H27F3N8O5. The number of nitrogens with one attached hydrogen (secondary N) is 4. The van der Waals surface area contributed by atoms with Crippen molar-refractivity contribution >= 4 is 35.2 Å². The lowest BCUT2D eigenvalue weighted by Crippen LogP contribution is -2.47. The number of amides is 3. The summed E-state index contributed by atoms with van der Waals surface area (Å²) >= 11 is 0. The second-order valence-corrected chi connectivity index (χ2v) is 9.21. The van der Waals surface area contributed by atoms with E-state index in [2.05, 4.69) is 36.1 Å². The molecule has 1 aliphatic rings. The molecule has 16 heteroatoms. The Morgan fingerprint density at radius 3 is 2.46 bits per heavy atom. The normalized spacial score (nSPS) is 13.9. The standard InChI is InChI=1S/C25H27F3N8O5/c1-13-10-20(32-21-12-22(35-34-21)40-15(3)38)33-24(29-13)41-19-5-4-17(11-18(19)25(26,27)28)31-23(39)30-16-6-8-36(9-7-16)14(2)37/h4-5,10-12,16H,6-9H2,1-3H3,(H2,30,31,39)(H2,29,32,33,34,35). The molecule has 1 aliphatic heterocycles. The first-order chi connectivity index (χ1) is 19.4. The number of rotatable bonds is 7. The highest BCUT2D eigenvalue weighted by atomic mass is 19.4. The molecule has 0 aliphatic carbocycles. The second kappa shape index (κ2) is 12.1. The van der Waals surface area contributed by atoms with Gasteiger partial charge >= 0.3 is 24.2 Å².